The highest BCUT2D eigenvalue weighted by Crippen LogP contribution is 2.41. The average Bonchev–Trinajstić information content (AvgIpc) is 3.28. The molecular formula is C17H26O2. The van der Waals surface area contributed by atoms with Crippen LogP contribution in [0.4, 0.5) is 0 Å². The summed E-state index contributed by atoms with van der Waals surface area (Å²) in [6.07, 6.45) is 2.74. The molecule has 2 heteroatoms. The van der Waals surface area contributed by atoms with Crippen molar-refractivity contribution >= 4 is 0 Å². The largest absolute Gasteiger partial charge is 0.491 e. The lowest BCUT2D eigenvalue weighted by Gasteiger charge is -2.34. The molecule has 0 aromatic heterocycles. The maximum atomic E-state index is 5.68. The van der Waals surface area contributed by atoms with Crippen molar-refractivity contribution in [2.45, 2.75) is 52.6 Å². The Kier molecular flexibility index (Phi) is 4.51. The van der Waals surface area contributed by atoms with Crippen LogP contribution in [0.15, 0.2) is 24.3 Å². The van der Waals surface area contributed by atoms with E-state index < -0.39 is 0 Å². The van der Waals surface area contributed by atoms with Gasteiger partial charge in [0.1, 0.15) is 18.5 Å². The summed E-state index contributed by atoms with van der Waals surface area (Å²) in [4.78, 5) is 0. The van der Waals surface area contributed by atoms with E-state index in [0.717, 1.165) is 12.4 Å². The van der Waals surface area contributed by atoms with Gasteiger partial charge >= 0.3 is 0 Å². The zero-order valence-corrected chi connectivity index (χ0v) is 12.6. The van der Waals surface area contributed by atoms with Gasteiger partial charge < -0.3 is 9.47 Å². The molecule has 1 aromatic carbocycles. The van der Waals surface area contributed by atoms with Gasteiger partial charge in [0.15, 0.2) is 0 Å². The van der Waals surface area contributed by atoms with Crippen LogP contribution in [0.2, 0.25) is 0 Å². The topological polar surface area (TPSA) is 21.8 Å². The second kappa shape index (κ2) is 5.96. The predicted molar refractivity (Wildman–Crippen MR) is 78.8 cm³/mol. The Morgan fingerprint density at radius 2 is 1.84 bits per heavy atom. The van der Waals surface area contributed by atoms with E-state index in [4.69, 9.17) is 9.47 Å². The van der Waals surface area contributed by atoms with Crippen LogP contribution >= 0.6 is 0 Å². The molecule has 0 amide bonds. The first-order valence-electron chi connectivity index (χ1n) is 7.43. The first-order chi connectivity index (χ1) is 9.09. The van der Waals surface area contributed by atoms with E-state index in [0.29, 0.717) is 24.0 Å². The van der Waals surface area contributed by atoms with Crippen molar-refractivity contribution < 1.29 is 9.47 Å². The van der Waals surface area contributed by atoms with Gasteiger partial charge in [-0.1, -0.05) is 52.7 Å². The zero-order chi connectivity index (χ0) is 13.9. The fourth-order valence-electron chi connectivity index (χ4n) is 2.47. The summed E-state index contributed by atoms with van der Waals surface area (Å²) in [6, 6.07) is 8.58. The third-order valence-electron chi connectivity index (χ3n) is 4.88. The quantitative estimate of drug-likeness (QED) is 0.680. The monoisotopic (exact) mass is 262 g/mol. The molecule has 106 valence electrons. The molecule has 1 aliphatic rings. The second-order valence-corrected chi connectivity index (χ2v) is 5.92. The van der Waals surface area contributed by atoms with Crippen LogP contribution in [0.5, 0.6) is 5.75 Å². The molecule has 1 fully saturated rings. The van der Waals surface area contributed by atoms with Crippen molar-refractivity contribution in [2.24, 2.45) is 5.41 Å². The van der Waals surface area contributed by atoms with E-state index in [9.17, 15) is 0 Å². The molecule has 1 aromatic rings. The number of epoxide rings is 1. The molecule has 0 N–H and O–H groups in total. The van der Waals surface area contributed by atoms with Gasteiger partial charge in [-0.15, -0.1) is 0 Å². The Hall–Kier alpha value is -1.02. The van der Waals surface area contributed by atoms with Crippen molar-refractivity contribution in [1.82, 2.24) is 0 Å². The number of benzene rings is 1. The molecule has 0 aliphatic carbocycles. The summed E-state index contributed by atoms with van der Waals surface area (Å²) in [5.41, 5.74) is 1.78. The van der Waals surface area contributed by atoms with Crippen molar-refractivity contribution in [1.29, 1.82) is 0 Å². The van der Waals surface area contributed by atoms with Gasteiger partial charge in [0.2, 0.25) is 0 Å². The zero-order valence-electron chi connectivity index (χ0n) is 12.6. The maximum absolute atomic E-state index is 5.68. The Labute approximate surface area is 117 Å². The summed E-state index contributed by atoms with van der Waals surface area (Å²) >= 11 is 0. The third kappa shape index (κ3) is 3.50. The molecule has 2 rings (SSSR count). The smallest absolute Gasteiger partial charge is 0.119 e. The first kappa shape index (κ1) is 14.4. The highest BCUT2D eigenvalue weighted by molar-refractivity contribution is 5.30. The van der Waals surface area contributed by atoms with E-state index in [-0.39, 0.29) is 0 Å². The SMILES string of the molecule is CCC(C)(CC)C(C)c1ccc(OCC2CO2)cc1. The Bertz CT molecular complexity index is 388. The molecule has 1 heterocycles. The van der Waals surface area contributed by atoms with Gasteiger partial charge in [0, 0.05) is 0 Å². The summed E-state index contributed by atoms with van der Waals surface area (Å²) in [5, 5.41) is 0. The molecule has 2 atom stereocenters. The number of hydrogen-bond donors (Lipinski definition) is 0. The fourth-order valence-corrected chi connectivity index (χ4v) is 2.47. The van der Waals surface area contributed by atoms with E-state index in [1.807, 2.05) is 0 Å². The first-order valence-corrected chi connectivity index (χ1v) is 7.43. The number of hydrogen-bond acceptors (Lipinski definition) is 2. The predicted octanol–water partition coefficient (Wildman–Crippen LogP) is 4.39. The van der Waals surface area contributed by atoms with Crippen LogP contribution in [0.1, 0.15) is 52.0 Å². The molecule has 0 bridgehead atoms. The fraction of sp³-hybridized carbons (Fsp3) is 0.647. The summed E-state index contributed by atoms with van der Waals surface area (Å²) in [7, 11) is 0. The molecule has 1 saturated heterocycles. The van der Waals surface area contributed by atoms with E-state index >= 15 is 0 Å². The summed E-state index contributed by atoms with van der Waals surface area (Å²) in [5.74, 6) is 1.52. The Balaban J connectivity index is 1.99. The van der Waals surface area contributed by atoms with Gasteiger partial charge in [0.05, 0.1) is 6.61 Å². The maximum Gasteiger partial charge on any atom is 0.119 e. The van der Waals surface area contributed by atoms with Crippen molar-refractivity contribution in [2.75, 3.05) is 13.2 Å². The summed E-state index contributed by atoms with van der Waals surface area (Å²) in [6.45, 7) is 10.8. The lowest BCUT2D eigenvalue weighted by molar-refractivity contribution is 0.243. The lowest BCUT2D eigenvalue weighted by atomic mass is 9.71. The van der Waals surface area contributed by atoms with Crippen molar-refractivity contribution in [3.05, 3.63) is 29.8 Å². The standard InChI is InChI=1S/C17H26O2/c1-5-17(4,6-2)13(3)14-7-9-15(10-8-14)18-11-16-12-19-16/h7-10,13,16H,5-6,11-12H2,1-4H3. The highest BCUT2D eigenvalue weighted by Gasteiger charge is 2.28. The van der Waals surface area contributed by atoms with Gasteiger partial charge in [-0.3, -0.25) is 0 Å². The van der Waals surface area contributed by atoms with Crippen molar-refractivity contribution in [3.8, 4) is 5.75 Å². The molecule has 0 saturated carbocycles. The molecule has 0 radical (unpaired) electrons. The molecular weight excluding hydrogens is 236 g/mol. The van der Waals surface area contributed by atoms with Gasteiger partial charge in [-0.05, 0) is 29.0 Å². The van der Waals surface area contributed by atoms with Crippen LogP contribution in [0, 0.1) is 5.41 Å². The molecule has 2 unspecified atom stereocenters. The molecule has 2 nitrogen and oxygen atoms in total. The van der Waals surface area contributed by atoms with E-state index in [1.165, 1.54) is 18.4 Å². The van der Waals surface area contributed by atoms with E-state index in [2.05, 4.69) is 52.0 Å². The average molecular weight is 262 g/mol. The number of rotatable bonds is 7. The minimum absolute atomic E-state index is 0.321. The Morgan fingerprint density at radius 3 is 2.32 bits per heavy atom. The Morgan fingerprint density at radius 1 is 1.26 bits per heavy atom. The van der Waals surface area contributed by atoms with Crippen molar-refractivity contribution in [3.63, 3.8) is 0 Å². The minimum Gasteiger partial charge on any atom is -0.491 e. The van der Waals surface area contributed by atoms with Crippen LogP contribution in [0.25, 0.3) is 0 Å². The molecule has 19 heavy (non-hydrogen) atoms. The second-order valence-electron chi connectivity index (χ2n) is 5.92. The van der Waals surface area contributed by atoms with Crippen LogP contribution < -0.4 is 4.74 Å². The number of ether oxygens (including phenoxy) is 2. The molecule has 0 spiro atoms. The van der Waals surface area contributed by atoms with Crippen LogP contribution in [-0.2, 0) is 4.74 Å². The van der Waals surface area contributed by atoms with Crippen LogP contribution in [0.3, 0.4) is 0 Å². The third-order valence-corrected chi connectivity index (χ3v) is 4.88. The lowest BCUT2D eigenvalue weighted by Crippen LogP contribution is -2.22. The normalized spacial score (nSPS) is 20.1. The van der Waals surface area contributed by atoms with E-state index in [1.54, 1.807) is 0 Å². The van der Waals surface area contributed by atoms with Gasteiger partial charge in [0.25, 0.3) is 0 Å². The summed E-state index contributed by atoms with van der Waals surface area (Å²) < 4.78 is 10.8. The highest BCUT2D eigenvalue weighted by atomic mass is 16.6. The van der Waals surface area contributed by atoms with Gasteiger partial charge in [-0.25, -0.2) is 0 Å². The minimum atomic E-state index is 0.321. The molecule has 1 aliphatic heterocycles. The van der Waals surface area contributed by atoms with Crippen LogP contribution in [-0.4, -0.2) is 19.3 Å². The van der Waals surface area contributed by atoms with Gasteiger partial charge in [-0.2, -0.15) is 0 Å².